The molecule has 19 nitrogen and oxygen atoms in total. The molecule has 1 amide bonds. The number of esters is 5. The fourth-order valence-corrected chi connectivity index (χ4v) is 6.95. The van der Waals surface area contributed by atoms with Crippen molar-refractivity contribution in [1.82, 2.24) is 4.83 Å². The number of ether oxygens (including phenoxy) is 8. The molecule has 0 bridgehead atoms. The zero-order valence-electron chi connectivity index (χ0n) is 35.2. The summed E-state index contributed by atoms with van der Waals surface area (Å²) >= 11 is 0. The molecular formula is C40H53N3O16S. The lowest BCUT2D eigenvalue weighted by atomic mass is 9.85. The second-order valence-corrected chi connectivity index (χ2v) is 16.2. The number of rotatable bonds is 17. The third kappa shape index (κ3) is 14.2. The van der Waals surface area contributed by atoms with Crippen molar-refractivity contribution >= 4 is 57.9 Å². The van der Waals surface area contributed by atoms with Crippen LogP contribution in [0, 0.1) is 12.8 Å². The van der Waals surface area contributed by atoms with Crippen LogP contribution < -0.4 is 14.5 Å². The first-order valence-electron chi connectivity index (χ1n) is 18.8. The Hall–Kier alpha value is -5.76. The molecule has 0 spiro atoms. The first-order chi connectivity index (χ1) is 28.1. The third-order valence-corrected chi connectivity index (χ3v) is 9.75. The van der Waals surface area contributed by atoms with E-state index in [0.29, 0.717) is 5.75 Å². The molecule has 1 fully saturated rings. The van der Waals surface area contributed by atoms with Gasteiger partial charge in [-0.2, -0.15) is 13.5 Å². The van der Waals surface area contributed by atoms with Crippen molar-refractivity contribution in [2.24, 2.45) is 11.0 Å². The van der Waals surface area contributed by atoms with E-state index >= 15 is 0 Å². The lowest BCUT2D eigenvalue weighted by Crippen LogP contribution is -2.63. The minimum atomic E-state index is -4.31. The van der Waals surface area contributed by atoms with Crippen molar-refractivity contribution in [3.8, 4) is 5.75 Å². The number of methoxy groups -OCH3 is 1. The van der Waals surface area contributed by atoms with Gasteiger partial charge < -0.3 is 37.9 Å². The summed E-state index contributed by atoms with van der Waals surface area (Å²) in [6, 6.07) is 10.1. The molecule has 2 aromatic carbocycles. The fourth-order valence-electron chi connectivity index (χ4n) is 6.15. The van der Waals surface area contributed by atoms with Gasteiger partial charge in [-0.3, -0.25) is 24.1 Å². The number of anilines is 1. The van der Waals surface area contributed by atoms with E-state index in [1.165, 1.54) is 50.4 Å². The highest BCUT2D eigenvalue weighted by Crippen LogP contribution is 2.35. The van der Waals surface area contributed by atoms with Gasteiger partial charge in [-0.25, -0.2) is 14.4 Å². The van der Waals surface area contributed by atoms with Crippen LogP contribution in [-0.2, 0) is 67.2 Å². The number of carbonyl (C=O) groups excluding carboxylic acids is 6. The van der Waals surface area contributed by atoms with Crippen LogP contribution >= 0.6 is 0 Å². The lowest BCUT2D eigenvalue weighted by Gasteiger charge is -2.45. The molecule has 20 heteroatoms. The predicted molar refractivity (Wildman–Crippen MR) is 212 cm³/mol. The monoisotopic (exact) mass is 863 g/mol. The maximum atomic E-state index is 14.3. The van der Waals surface area contributed by atoms with E-state index < -0.39 is 107 Å². The van der Waals surface area contributed by atoms with Crippen LogP contribution in [0.2, 0.25) is 0 Å². The van der Waals surface area contributed by atoms with Crippen LogP contribution in [0.4, 0.5) is 10.5 Å². The van der Waals surface area contributed by atoms with E-state index in [-0.39, 0.29) is 17.2 Å². The molecule has 3 rings (SSSR count). The van der Waals surface area contributed by atoms with Gasteiger partial charge >= 0.3 is 35.9 Å². The molecule has 1 N–H and O–H groups in total. The molecule has 0 saturated carbocycles. The van der Waals surface area contributed by atoms with Crippen LogP contribution in [0.3, 0.4) is 0 Å². The molecule has 60 heavy (non-hydrogen) atoms. The summed E-state index contributed by atoms with van der Waals surface area (Å²) < 4.78 is 71.7. The van der Waals surface area contributed by atoms with Gasteiger partial charge in [-0.05, 0) is 77.4 Å². The van der Waals surface area contributed by atoms with Gasteiger partial charge in [0.1, 0.15) is 30.1 Å². The largest absolute Gasteiger partial charge is 0.497 e. The van der Waals surface area contributed by atoms with Crippen LogP contribution in [0.25, 0.3) is 0 Å². The smallest absolute Gasteiger partial charge is 0.415 e. The molecule has 330 valence electrons. The van der Waals surface area contributed by atoms with Crippen LogP contribution in [0.5, 0.6) is 5.75 Å². The molecule has 7 atom stereocenters. The van der Waals surface area contributed by atoms with Gasteiger partial charge in [0.05, 0.1) is 24.7 Å². The molecule has 0 unspecified atom stereocenters. The SMILES string of the molecule is CCOC(=O)[C@@H]([C@@H](/C=N/NS(=O)(=O)c1ccc(C)cc1)C[C@H]1O[C@H](COC(C)=O)[C@@H](OC(C)=O)[C@H](OC(C)=O)[C@H]1OC(C)=O)N(C(=O)OC(C)(C)C)c1ccc(OC)cc1. The second-order valence-electron chi connectivity index (χ2n) is 14.6. The van der Waals surface area contributed by atoms with Crippen LogP contribution in [0.15, 0.2) is 58.5 Å². The maximum absolute atomic E-state index is 14.3. The highest BCUT2D eigenvalue weighted by molar-refractivity contribution is 7.89. The summed E-state index contributed by atoms with van der Waals surface area (Å²) in [5, 5.41) is 4.04. The fraction of sp³-hybridized carbons (Fsp3) is 0.525. The summed E-state index contributed by atoms with van der Waals surface area (Å²) in [4.78, 5) is 81.2. The number of hydrazone groups is 1. The number of nitrogens with zero attached hydrogens (tertiary/aromatic N) is 2. The zero-order valence-corrected chi connectivity index (χ0v) is 36.0. The van der Waals surface area contributed by atoms with Crippen molar-refractivity contribution < 1.29 is 75.1 Å². The van der Waals surface area contributed by atoms with Crippen molar-refractivity contribution in [2.45, 2.75) is 116 Å². The van der Waals surface area contributed by atoms with E-state index in [2.05, 4.69) is 9.93 Å². The minimum Gasteiger partial charge on any atom is -0.497 e. The number of benzene rings is 2. The maximum Gasteiger partial charge on any atom is 0.415 e. The van der Waals surface area contributed by atoms with Crippen molar-refractivity contribution in [2.75, 3.05) is 25.2 Å². The lowest BCUT2D eigenvalue weighted by molar-refractivity contribution is -0.254. The third-order valence-electron chi connectivity index (χ3n) is 8.51. The van der Waals surface area contributed by atoms with E-state index in [4.69, 9.17) is 37.9 Å². The summed E-state index contributed by atoms with van der Waals surface area (Å²) in [6.45, 7) is 11.7. The molecule has 0 aliphatic carbocycles. The number of hydrogen-bond acceptors (Lipinski definition) is 17. The van der Waals surface area contributed by atoms with Crippen LogP contribution in [-0.4, -0.2) is 113 Å². The van der Waals surface area contributed by atoms with E-state index in [1.54, 1.807) is 39.8 Å². The average Bonchev–Trinajstić information content (AvgIpc) is 3.14. The average molecular weight is 864 g/mol. The van der Waals surface area contributed by atoms with Crippen molar-refractivity contribution in [3.63, 3.8) is 0 Å². The van der Waals surface area contributed by atoms with E-state index in [0.717, 1.165) is 44.4 Å². The summed E-state index contributed by atoms with van der Waals surface area (Å²) in [5.41, 5.74) is -0.211. The zero-order chi connectivity index (χ0) is 44.9. The van der Waals surface area contributed by atoms with Crippen LogP contribution in [0.1, 0.15) is 67.4 Å². The second kappa shape index (κ2) is 21.5. The number of aryl methyl sites for hydroxylation is 1. The molecule has 1 heterocycles. The number of sulfonamides is 1. The summed E-state index contributed by atoms with van der Waals surface area (Å²) in [5.74, 6) is -5.43. The Balaban J connectivity index is 2.36. The van der Waals surface area contributed by atoms with Gasteiger partial charge in [0.2, 0.25) is 0 Å². The number of nitrogens with one attached hydrogen (secondary N) is 1. The molecule has 2 aromatic rings. The number of amides is 1. The van der Waals surface area contributed by atoms with E-state index in [1.807, 2.05) is 0 Å². The molecular weight excluding hydrogens is 811 g/mol. The molecule has 1 saturated heterocycles. The van der Waals surface area contributed by atoms with Gasteiger partial charge in [0.25, 0.3) is 10.0 Å². The molecule has 1 aliphatic rings. The summed E-state index contributed by atoms with van der Waals surface area (Å²) in [7, 11) is -2.88. The molecule has 0 aromatic heterocycles. The number of carbonyl (C=O) groups is 6. The topological polar surface area (TPSA) is 238 Å². The number of hydrogen-bond donors (Lipinski definition) is 1. The van der Waals surface area contributed by atoms with Crippen molar-refractivity contribution in [1.29, 1.82) is 0 Å². The molecule has 0 radical (unpaired) electrons. The van der Waals surface area contributed by atoms with Gasteiger partial charge in [-0.1, -0.05) is 17.7 Å². The predicted octanol–water partition coefficient (Wildman–Crippen LogP) is 3.77. The van der Waals surface area contributed by atoms with E-state index in [9.17, 15) is 37.2 Å². The Labute approximate surface area is 349 Å². The Kier molecular flexibility index (Phi) is 17.4. The Morgan fingerprint density at radius 2 is 1.37 bits per heavy atom. The minimum absolute atomic E-state index is 0.100. The Morgan fingerprint density at radius 3 is 1.87 bits per heavy atom. The normalized spacial score (nSPS) is 20.1. The Morgan fingerprint density at radius 1 is 0.817 bits per heavy atom. The standard InChI is InChI=1S/C40H53N3O16S/c1-11-53-38(48)34(43(39(49)59-40(7,8)9)29-14-16-30(52-10)17-15-29)28(21-41-42-60(50,51)31-18-12-23(2)13-19-31)20-32-35(55-25(4)45)37(57-27(6)47)36(56-26(5)46)33(58-32)22-54-24(3)44/h12-19,21,28,32-37,42H,11,20,22H2,1-10H3/b41-21+/t28-,32-,33-,34-,35+,36-,37-/m1/s1. The Bertz CT molecular complexity index is 1960. The quantitative estimate of drug-likeness (QED) is 0.103. The van der Waals surface area contributed by atoms with Gasteiger partial charge in [-0.15, -0.1) is 0 Å². The highest BCUT2D eigenvalue weighted by Gasteiger charge is 2.53. The van der Waals surface area contributed by atoms with Crippen molar-refractivity contribution in [3.05, 3.63) is 54.1 Å². The highest BCUT2D eigenvalue weighted by atomic mass is 32.2. The first-order valence-corrected chi connectivity index (χ1v) is 20.3. The van der Waals surface area contributed by atoms with Gasteiger partial charge in [0.15, 0.2) is 18.3 Å². The first kappa shape index (κ1) is 48.6. The summed E-state index contributed by atoms with van der Waals surface area (Å²) in [6.07, 6.45) is -8.01. The van der Waals surface area contributed by atoms with Gasteiger partial charge in [0, 0.05) is 45.5 Å². The molecule has 1 aliphatic heterocycles.